The topological polar surface area (TPSA) is 23.5 Å². The highest BCUT2D eigenvalue weighted by molar-refractivity contribution is 6.20. The zero-order valence-corrected chi connectivity index (χ0v) is 10.8. The van der Waals surface area contributed by atoms with Gasteiger partial charge >= 0.3 is 0 Å². The molecule has 0 spiro atoms. The third-order valence-electron chi connectivity index (χ3n) is 4.12. The molecule has 0 amide bonds. The maximum Gasteiger partial charge on any atom is 0.0564 e. The van der Waals surface area contributed by atoms with Gasteiger partial charge in [0.2, 0.25) is 0 Å². The Bertz CT molecular complexity index is 194. The Morgan fingerprint density at radius 2 is 1.44 bits per heavy atom. The van der Waals surface area contributed by atoms with Crippen LogP contribution in [0.5, 0.6) is 0 Å². The number of hydrogen-bond acceptors (Lipinski definition) is 2. The molecule has 0 unspecified atom stereocenters. The molecule has 2 rings (SSSR count). The van der Waals surface area contributed by atoms with Crippen molar-refractivity contribution in [2.75, 3.05) is 13.1 Å². The lowest BCUT2D eigenvalue weighted by atomic mass is 9.93. The van der Waals surface area contributed by atoms with Gasteiger partial charge in [-0.1, -0.05) is 12.8 Å². The first kappa shape index (κ1) is 12.7. The number of likely N-dealkylation sites (tertiary alicyclic amines) is 1. The van der Waals surface area contributed by atoms with Gasteiger partial charge in [0.1, 0.15) is 0 Å². The fourth-order valence-corrected chi connectivity index (χ4v) is 3.36. The molecule has 3 heteroatoms. The first-order chi connectivity index (χ1) is 7.75. The maximum atomic E-state index is 9.52. The van der Waals surface area contributed by atoms with Crippen LogP contribution in [0.2, 0.25) is 0 Å². The van der Waals surface area contributed by atoms with Gasteiger partial charge in [0.25, 0.3) is 0 Å². The smallest absolute Gasteiger partial charge is 0.0564 e. The van der Waals surface area contributed by atoms with Crippen LogP contribution in [0.15, 0.2) is 0 Å². The summed E-state index contributed by atoms with van der Waals surface area (Å²) in [6.45, 7) is 2.19. The SMILES string of the molecule is OC1CCN(C2CCCC(Cl)CCC2)CC1. The summed E-state index contributed by atoms with van der Waals surface area (Å²) in [5, 5.41) is 9.94. The molecule has 1 saturated carbocycles. The summed E-state index contributed by atoms with van der Waals surface area (Å²) >= 11 is 6.20. The molecule has 1 heterocycles. The molecule has 1 aliphatic heterocycles. The fraction of sp³-hybridized carbons (Fsp3) is 1.00. The Hall–Kier alpha value is 0.210. The van der Waals surface area contributed by atoms with E-state index in [1.165, 1.54) is 38.5 Å². The summed E-state index contributed by atoms with van der Waals surface area (Å²) in [6, 6.07) is 0.761. The first-order valence-corrected chi connectivity index (χ1v) is 7.25. The summed E-state index contributed by atoms with van der Waals surface area (Å²) in [4.78, 5) is 2.60. The van der Waals surface area contributed by atoms with E-state index >= 15 is 0 Å². The van der Waals surface area contributed by atoms with Gasteiger partial charge in [-0.2, -0.15) is 0 Å². The normalized spacial score (nSPS) is 35.6. The molecule has 0 bridgehead atoms. The molecule has 0 aromatic heterocycles. The molecular formula is C13H24ClNO. The van der Waals surface area contributed by atoms with Crippen molar-refractivity contribution in [3.63, 3.8) is 0 Å². The van der Waals surface area contributed by atoms with Crippen LogP contribution >= 0.6 is 11.6 Å². The highest BCUT2D eigenvalue weighted by Gasteiger charge is 2.25. The number of nitrogens with zero attached hydrogens (tertiary/aromatic N) is 1. The summed E-state index contributed by atoms with van der Waals surface area (Å²) in [5.74, 6) is 0. The van der Waals surface area contributed by atoms with Crippen LogP contribution in [0.3, 0.4) is 0 Å². The van der Waals surface area contributed by atoms with Crippen molar-refractivity contribution in [3.8, 4) is 0 Å². The second kappa shape index (κ2) is 6.23. The molecule has 16 heavy (non-hydrogen) atoms. The minimum atomic E-state index is -0.0444. The van der Waals surface area contributed by atoms with E-state index in [0.717, 1.165) is 32.0 Å². The molecule has 0 atom stereocenters. The lowest BCUT2D eigenvalue weighted by Crippen LogP contribution is -2.43. The molecular weight excluding hydrogens is 222 g/mol. The van der Waals surface area contributed by atoms with Gasteiger partial charge in [0.15, 0.2) is 0 Å². The summed E-state index contributed by atoms with van der Waals surface area (Å²) in [5.41, 5.74) is 0. The molecule has 94 valence electrons. The average Bonchev–Trinajstić information content (AvgIpc) is 2.25. The molecule has 1 saturated heterocycles. The van der Waals surface area contributed by atoms with Crippen molar-refractivity contribution >= 4 is 11.6 Å². The standard InChI is InChI=1S/C13H24ClNO/c14-11-3-1-5-12(6-2-4-11)15-9-7-13(16)8-10-15/h11-13,16H,1-10H2. The second-order valence-corrected chi connectivity index (χ2v) is 6.00. The third kappa shape index (κ3) is 3.61. The van der Waals surface area contributed by atoms with Crippen molar-refractivity contribution in [3.05, 3.63) is 0 Å². The zero-order chi connectivity index (χ0) is 11.4. The molecule has 2 nitrogen and oxygen atoms in total. The summed E-state index contributed by atoms with van der Waals surface area (Å²) in [6.07, 6.45) is 9.43. The molecule has 0 aromatic rings. The Balaban J connectivity index is 1.79. The molecule has 0 aromatic carbocycles. The van der Waals surface area contributed by atoms with E-state index in [-0.39, 0.29) is 6.10 Å². The Morgan fingerprint density at radius 3 is 2.00 bits per heavy atom. The zero-order valence-electron chi connectivity index (χ0n) is 10.1. The van der Waals surface area contributed by atoms with Gasteiger partial charge in [-0.15, -0.1) is 11.6 Å². The van der Waals surface area contributed by atoms with Crippen LogP contribution in [0.4, 0.5) is 0 Å². The van der Waals surface area contributed by atoms with E-state index in [9.17, 15) is 5.11 Å². The molecule has 0 radical (unpaired) electrons. The van der Waals surface area contributed by atoms with E-state index < -0.39 is 0 Å². The number of hydrogen-bond donors (Lipinski definition) is 1. The van der Waals surface area contributed by atoms with E-state index in [4.69, 9.17) is 11.6 Å². The van der Waals surface area contributed by atoms with Crippen LogP contribution in [0.25, 0.3) is 0 Å². The van der Waals surface area contributed by atoms with Crippen LogP contribution in [-0.4, -0.2) is 40.6 Å². The predicted octanol–water partition coefficient (Wildman–Crippen LogP) is 2.77. The molecule has 1 aliphatic carbocycles. The number of piperidine rings is 1. The van der Waals surface area contributed by atoms with Gasteiger partial charge in [0, 0.05) is 24.5 Å². The molecule has 1 N–H and O–H groups in total. The van der Waals surface area contributed by atoms with Crippen LogP contribution in [0, 0.1) is 0 Å². The number of aliphatic hydroxyl groups is 1. The van der Waals surface area contributed by atoms with E-state index in [1.807, 2.05) is 0 Å². The third-order valence-corrected chi connectivity index (χ3v) is 4.56. The average molecular weight is 246 g/mol. The predicted molar refractivity (Wildman–Crippen MR) is 67.9 cm³/mol. The van der Waals surface area contributed by atoms with Gasteiger partial charge in [0.05, 0.1) is 6.10 Å². The van der Waals surface area contributed by atoms with Gasteiger partial charge in [-0.25, -0.2) is 0 Å². The number of halogens is 1. The Labute approximate surface area is 104 Å². The number of aliphatic hydroxyl groups excluding tert-OH is 1. The molecule has 2 fully saturated rings. The van der Waals surface area contributed by atoms with Crippen molar-refractivity contribution in [1.82, 2.24) is 4.90 Å². The van der Waals surface area contributed by atoms with Crippen molar-refractivity contribution < 1.29 is 5.11 Å². The van der Waals surface area contributed by atoms with Gasteiger partial charge < -0.3 is 10.0 Å². The van der Waals surface area contributed by atoms with Crippen LogP contribution < -0.4 is 0 Å². The first-order valence-electron chi connectivity index (χ1n) is 6.82. The summed E-state index contributed by atoms with van der Waals surface area (Å²) < 4.78 is 0. The fourth-order valence-electron chi connectivity index (χ4n) is 3.05. The van der Waals surface area contributed by atoms with Crippen molar-refractivity contribution in [2.45, 2.75) is 68.9 Å². The highest BCUT2D eigenvalue weighted by Crippen LogP contribution is 2.26. The monoisotopic (exact) mass is 245 g/mol. The minimum absolute atomic E-state index is 0.0444. The van der Waals surface area contributed by atoms with Crippen LogP contribution in [-0.2, 0) is 0 Å². The lowest BCUT2D eigenvalue weighted by molar-refractivity contribution is 0.0536. The Kier molecular flexibility index (Phi) is 4.93. The van der Waals surface area contributed by atoms with E-state index in [2.05, 4.69) is 4.90 Å². The number of rotatable bonds is 1. The largest absolute Gasteiger partial charge is 0.393 e. The van der Waals surface area contributed by atoms with E-state index in [0.29, 0.717) is 5.38 Å². The molecule has 2 aliphatic rings. The minimum Gasteiger partial charge on any atom is -0.393 e. The quantitative estimate of drug-likeness (QED) is 0.719. The van der Waals surface area contributed by atoms with E-state index in [1.54, 1.807) is 0 Å². The Morgan fingerprint density at radius 1 is 0.875 bits per heavy atom. The maximum absolute atomic E-state index is 9.52. The summed E-state index contributed by atoms with van der Waals surface area (Å²) in [7, 11) is 0. The van der Waals surface area contributed by atoms with Crippen molar-refractivity contribution in [1.29, 1.82) is 0 Å². The van der Waals surface area contributed by atoms with Crippen molar-refractivity contribution in [2.24, 2.45) is 0 Å². The van der Waals surface area contributed by atoms with Crippen LogP contribution in [0.1, 0.15) is 51.4 Å². The van der Waals surface area contributed by atoms with Gasteiger partial charge in [-0.3, -0.25) is 0 Å². The highest BCUT2D eigenvalue weighted by atomic mass is 35.5. The van der Waals surface area contributed by atoms with Gasteiger partial charge in [-0.05, 0) is 38.5 Å². The second-order valence-electron chi connectivity index (χ2n) is 5.38. The number of alkyl halides is 1. The lowest BCUT2D eigenvalue weighted by Gasteiger charge is -2.37.